The number of carbonyl (C=O) groups excluding carboxylic acids is 2. The first-order chi connectivity index (χ1) is 14.6. The molecular weight excluding hydrogens is 440 g/mol. The van der Waals surface area contributed by atoms with E-state index in [1.165, 1.54) is 4.31 Å². The highest BCUT2D eigenvalue weighted by molar-refractivity contribution is 7.88. The molecule has 1 aromatic rings. The second-order valence-corrected chi connectivity index (χ2v) is 9.87. The Labute approximate surface area is 189 Å². The summed E-state index contributed by atoms with van der Waals surface area (Å²) < 4.78 is 25.9. The number of rotatable bonds is 9. The van der Waals surface area contributed by atoms with Gasteiger partial charge >= 0.3 is 0 Å². The number of nitrogens with one attached hydrogen (secondary N) is 2. The molecule has 0 saturated carbocycles. The first-order valence-corrected chi connectivity index (χ1v) is 12.3. The topological polar surface area (TPSA) is 98.8 Å². The molecule has 1 unspecified atom stereocenters. The van der Waals surface area contributed by atoms with Gasteiger partial charge in [-0.1, -0.05) is 35.7 Å². The standard InChI is InChI=1S/C21H29ClN4O4S/c1-4-11-23-20(27)14-24-21(28)15-26(31(3,29)30)17-9-12-25(13-10-17)16(2)18-7-5-6-8-19(18)22/h1,5-8,16-17H,9-15H2,2-3H3,(H,23,27)(H,24,28). The van der Waals surface area contributed by atoms with Crippen LogP contribution in [0.3, 0.4) is 0 Å². The molecule has 31 heavy (non-hydrogen) atoms. The molecule has 0 aromatic heterocycles. The lowest BCUT2D eigenvalue weighted by atomic mass is 10.00. The predicted molar refractivity (Wildman–Crippen MR) is 121 cm³/mol. The Morgan fingerprint density at radius 1 is 1.26 bits per heavy atom. The van der Waals surface area contributed by atoms with Gasteiger partial charge in [0.15, 0.2) is 0 Å². The zero-order chi connectivity index (χ0) is 23.0. The monoisotopic (exact) mass is 468 g/mol. The van der Waals surface area contributed by atoms with E-state index in [0.29, 0.717) is 31.0 Å². The first-order valence-electron chi connectivity index (χ1n) is 10.1. The van der Waals surface area contributed by atoms with Crippen molar-refractivity contribution in [3.63, 3.8) is 0 Å². The van der Waals surface area contributed by atoms with E-state index < -0.39 is 21.8 Å². The Balaban J connectivity index is 1.94. The normalized spacial score (nSPS) is 16.5. The minimum Gasteiger partial charge on any atom is -0.346 e. The van der Waals surface area contributed by atoms with E-state index in [4.69, 9.17) is 18.0 Å². The van der Waals surface area contributed by atoms with Gasteiger partial charge in [0.25, 0.3) is 0 Å². The van der Waals surface area contributed by atoms with Crippen molar-refractivity contribution in [2.24, 2.45) is 0 Å². The van der Waals surface area contributed by atoms with Crippen LogP contribution in [0, 0.1) is 12.3 Å². The summed E-state index contributed by atoms with van der Waals surface area (Å²) in [6.45, 7) is 2.92. The van der Waals surface area contributed by atoms with Crippen LogP contribution in [-0.2, 0) is 19.6 Å². The van der Waals surface area contributed by atoms with Crippen LogP contribution in [0.25, 0.3) is 0 Å². The Kier molecular flexibility index (Phi) is 9.32. The third-order valence-corrected chi connectivity index (χ3v) is 6.99. The second-order valence-electron chi connectivity index (χ2n) is 7.53. The summed E-state index contributed by atoms with van der Waals surface area (Å²) in [7, 11) is -3.60. The minimum atomic E-state index is -3.60. The van der Waals surface area contributed by atoms with Crippen molar-refractivity contribution in [2.45, 2.75) is 31.8 Å². The van der Waals surface area contributed by atoms with Gasteiger partial charge in [0, 0.05) is 30.2 Å². The summed E-state index contributed by atoms with van der Waals surface area (Å²) in [4.78, 5) is 26.1. The highest BCUT2D eigenvalue weighted by atomic mass is 35.5. The predicted octanol–water partition coefficient (Wildman–Crippen LogP) is 0.993. The lowest BCUT2D eigenvalue weighted by molar-refractivity contribution is -0.126. The summed E-state index contributed by atoms with van der Waals surface area (Å²) in [5, 5.41) is 5.57. The van der Waals surface area contributed by atoms with Gasteiger partial charge in [0.1, 0.15) is 0 Å². The molecule has 0 spiro atoms. The maximum atomic E-state index is 12.3. The Morgan fingerprint density at radius 2 is 1.90 bits per heavy atom. The number of hydrogen-bond acceptors (Lipinski definition) is 5. The maximum Gasteiger partial charge on any atom is 0.240 e. The van der Waals surface area contributed by atoms with Crippen molar-refractivity contribution in [3.05, 3.63) is 34.9 Å². The number of halogens is 1. The molecule has 1 aromatic carbocycles. The Bertz CT molecular complexity index is 924. The molecule has 0 bridgehead atoms. The highest BCUT2D eigenvalue weighted by Gasteiger charge is 2.33. The summed E-state index contributed by atoms with van der Waals surface area (Å²) in [5.41, 5.74) is 1.03. The number of sulfonamides is 1. The molecule has 1 fully saturated rings. The molecule has 2 rings (SSSR count). The molecule has 170 valence electrons. The molecule has 10 heteroatoms. The van der Waals surface area contributed by atoms with Crippen molar-refractivity contribution in [3.8, 4) is 12.3 Å². The van der Waals surface area contributed by atoms with Crippen LogP contribution < -0.4 is 10.6 Å². The largest absolute Gasteiger partial charge is 0.346 e. The van der Waals surface area contributed by atoms with E-state index in [9.17, 15) is 18.0 Å². The van der Waals surface area contributed by atoms with Crippen molar-refractivity contribution >= 4 is 33.4 Å². The number of hydrogen-bond donors (Lipinski definition) is 2. The number of nitrogens with zero attached hydrogens (tertiary/aromatic N) is 2. The Morgan fingerprint density at radius 3 is 2.48 bits per heavy atom. The quantitative estimate of drug-likeness (QED) is 0.527. The summed E-state index contributed by atoms with van der Waals surface area (Å²) in [6, 6.07) is 7.50. The molecule has 1 aliphatic rings. The van der Waals surface area contributed by atoms with Crippen LogP contribution in [-0.4, -0.2) is 74.5 Å². The van der Waals surface area contributed by atoms with Gasteiger partial charge in [-0.25, -0.2) is 8.42 Å². The summed E-state index contributed by atoms with van der Waals surface area (Å²) in [6.07, 6.45) is 7.35. The summed E-state index contributed by atoms with van der Waals surface area (Å²) >= 11 is 6.32. The van der Waals surface area contributed by atoms with Crippen LogP contribution in [0.4, 0.5) is 0 Å². The SMILES string of the molecule is C#CCNC(=O)CNC(=O)CN(C1CCN(C(C)c2ccccc2Cl)CC1)S(C)(=O)=O. The molecule has 1 atom stereocenters. The molecule has 8 nitrogen and oxygen atoms in total. The molecule has 1 heterocycles. The number of likely N-dealkylation sites (tertiary alicyclic amines) is 1. The molecule has 1 saturated heterocycles. The molecule has 1 aliphatic heterocycles. The number of terminal acetylenes is 1. The lowest BCUT2D eigenvalue weighted by Crippen LogP contribution is -2.51. The van der Waals surface area contributed by atoms with E-state index in [0.717, 1.165) is 11.8 Å². The van der Waals surface area contributed by atoms with E-state index in [1.54, 1.807) is 0 Å². The van der Waals surface area contributed by atoms with Crippen LogP contribution >= 0.6 is 11.6 Å². The van der Waals surface area contributed by atoms with Crippen LogP contribution in [0.1, 0.15) is 31.4 Å². The fourth-order valence-corrected chi connectivity index (χ4v) is 5.08. The van der Waals surface area contributed by atoms with Crippen molar-refractivity contribution in [1.82, 2.24) is 19.8 Å². The minimum absolute atomic E-state index is 0.0648. The smallest absolute Gasteiger partial charge is 0.240 e. The second kappa shape index (κ2) is 11.5. The van der Waals surface area contributed by atoms with Gasteiger partial charge in [-0.15, -0.1) is 6.42 Å². The highest BCUT2D eigenvalue weighted by Crippen LogP contribution is 2.30. The third kappa shape index (κ3) is 7.51. The van der Waals surface area contributed by atoms with Gasteiger partial charge in [-0.2, -0.15) is 4.31 Å². The van der Waals surface area contributed by atoms with E-state index in [2.05, 4.69) is 28.4 Å². The average Bonchev–Trinajstić information content (AvgIpc) is 2.74. The van der Waals surface area contributed by atoms with Gasteiger partial charge in [-0.05, 0) is 31.4 Å². The van der Waals surface area contributed by atoms with Crippen molar-refractivity contribution in [1.29, 1.82) is 0 Å². The van der Waals surface area contributed by atoms with Crippen LogP contribution in [0.15, 0.2) is 24.3 Å². The molecular formula is C21H29ClN4O4S. The number of amides is 2. The van der Waals surface area contributed by atoms with Crippen molar-refractivity contribution in [2.75, 3.05) is 39.0 Å². The van der Waals surface area contributed by atoms with Crippen LogP contribution in [0.2, 0.25) is 5.02 Å². The molecule has 2 amide bonds. The third-order valence-electron chi connectivity index (χ3n) is 5.37. The Hall–Kier alpha value is -2.12. The summed E-state index contributed by atoms with van der Waals surface area (Å²) in [5.74, 6) is 1.30. The lowest BCUT2D eigenvalue weighted by Gasteiger charge is -2.39. The van der Waals surface area contributed by atoms with Gasteiger partial charge in [0.05, 0.1) is 25.9 Å². The molecule has 2 N–H and O–H groups in total. The van der Waals surface area contributed by atoms with Crippen molar-refractivity contribution < 1.29 is 18.0 Å². The zero-order valence-electron chi connectivity index (χ0n) is 17.8. The number of benzene rings is 1. The fourth-order valence-electron chi connectivity index (χ4n) is 3.68. The number of piperidine rings is 1. The number of carbonyl (C=O) groups is 2. The molecule has 0 radical (unpaired) electrons. The first kappa shape index (κ1) is 25.1. The van der Waals surface area contributed by atoms with Gasteiger partial charge in [-0.3, -0.25) is 14.5 Å². The van der Waals surface area contributed by atoms with Crippen LogP contribution in [0.5, 0.6) is 0 Å². The van der Waals surface area contributed by atoms with E-state index in [1.807, 2.05) is 24.3 Å². The van der Waals surface area contributed by atoms with E-state index in [-0.39, 0.29) is 31.7 Å². The van der Waals surface area contributed by atoms with E-state index >= 15 is 0 Å². The van der Waals surface area contributed by atoms with Gasteiger partial charge < -0.3 is 10.6 Å². The van der Waals surface area contributed by atoms with Gasteiger partial charge in [0.2, 0.25) is 21.8 Å². The maximum absolute atomic E-state index is 12.3. The molecule has 0 aliphatic carbocycles. The fraction of sp³-hybridized carbons (Fsp3) is 0.524. The zero-order valence-corrected chi connectivity index (χ0v) is 19.4. The average molecular weight is 469 g/mol.